The second kappa shape index (κ2) is 11.2. The van der Waals surface area contributed by atoms with Crippen molar-refractivity contribution < 1.29 is 23.7 Å². The molecule has 0 aliphatic carbocycles. The number of hydrogen-bond acceptors (Lipinski definition) is 6. The minimum absolute atomic E-state index is 0.143. The fraction of sp³-hybridized carbons (Fsp3) is 0.296. The first kappa shape index (κ1) is 24.5. The van der Waals surface area contributed by atoms with Crippen molar-refractivity contribution >= 4 is 23.0 Å². The molecule has 1 N–H and O–H groups in total. The molecule has 4 rings (SSSR count). The maximum atomic E-state index is 6.23. The normalized spacial score (nSPS) is 14.5. The van der Waals surface area contributed by atoms with Crippen molar-refractivity contribution in [2.75, 3.05) is 46.9 Å². The van der Waals surface area contributed by atoms with Crippen LogP contribution in [0.1, 0.15) is 17.2 Å². The Bertz CT molecular complexity index is 1170. The van der Waals surface area contributed by atoms with E-state index in [4.69, 9.17) is 35.9 Å². The second-order valence-electron chi connectivity index (χ2n) is 7.98. The predicted octanol–water partition coefficient (Wildman–Crippen LogP) is 5.10. The molecule has 1 aliphatic heterocycles. The molecule has 35 heavy (non-hydrogen) atoms. The van der Waals surface area contributed by atoms with Gasteiger partial charge in [-0.2, -0.15) is 0 Å². The largest absolute Gasteiger partial charge is 0.497 e. The smallest absolute Gasteiger partial charge is 0.174 e. The first-order chi connectivity index (χ1) is 17.1. The van der Waals surface area contributed by atoms with Crippen LogP contribution in [-0.2, 0) is 6.42 Å². The van der Waals surface area contributed by atoms with Gasteiger partial charge in [-0.3, -0.25) is 0 Å². The van der Waals surface area contributed by atoms with Crippen molar-refractivity contribution in [3.8, 4) is 28.7 Å². The number of rotatable bonds is 8. The lowest BCUT2D eigenvalue weighted by molar-refractivity contribution is 0.190. The van der Waals surface area contributed by atoms with Gasteiger partial charge >= 0.3 is 0 Å². The summed E-state index contributed by atoms with van der Waals surface area (Å²) in [5.41, 5.74) is 3.09. The molecular weight excluding hydrogens is 464 g/mol. The molecule has 1 atom stereocenters. The van der Waals surface area contributed by atoms with Crippen LogP contribution in [0.25, 0.3) is 0 Å². The van der Waals surface area contributed by atoms with E-state index in [9.17, 15) is 0 Å². The highest BCUT2D eigenvalue weighted by molar-refractivity contribution is 7.80. The molecular formula is C27H30N2O5S. The van der Waals surface area contributed by atoms with Crippen molar-refractivity contribution in [1.82, 2.24) is 4.90 Å². The first-order valence-corrected chi connectivity index (χ1v) is 11.7. The highest BCUT2D eigenvalue weighted by atomic mass is 32.1. The van der Waals surface area contributed by atoms with Gasteiger partial charge < -0.3 is 33.9 Å². The number of anilines is 1. The molecule has 1 aliphatic rings. The molecule has 184 valence electrons. The average Bonchev–Trinajstić information content (AvgIpc) is 2.91. The van der Waals surface area contributed by atoms with Gasteiger partial charge in [0.05, 0.1) is 40.2 Å². The van der Waals surface area contributed by atoms with Crippen molar-refractivity contribution in [2.45, 2.75) is 12.5 Å². The monoisotopic (exact) mass is 494 g/mol. The van der Waals surface area contributed by atoms with Gasteiger partial charge in [-0.05, 0) is 78.3 Å². The highest BCUT2D eigenvalue weighted by Gasteiger charge is 2.31. The number of para-hydroxylation sites is 2. The number of nitrogens with zero attached hydrogens (tertiary/aromatic N) is 1. The maximum Gasteiger partial charge on any atom is 0.174 e. The van der Waals surface area contributed by atoms with Gasteiger partial charge in [0.25, 0.3) is 0 Å². The van der Waals surface area contributed by atoms with Crippen molar-refractivity contribution in [1.29, 1.82) is 0 Å². The van der Waals surface area contributed by atoms with E-state index in [2.05, 4.69) is 10.2 Å². The molecule has 3 aromatic rings. The molecule has 8 heteroatoms. The van der Waals surface area contributed by atoms with E-state index in [1.54, 1.807) is 28.4 Å². The second-order valence-corrected chi connectivity index (χ2v) is 8.37. The lowest BCUT2D eigenvalue weighted by Crippen LogP contribution is -2.44. The minimum Gasteiger partial charge on any atom is -0.497 e. The Labute approximate surface area is 211 Å². The van der Waals surface area contributed by atoms with Crippen LogP contribution in [0.2, 0.25) is 0 Å². The van der Waals surface area contributed by atoms with Crippen LogP contribution < -0.4 is 29.0 Å². The number of nitrogens with one attached hydrogen (secondary N) is 1. The standard InChI is InChI=1S/C27H30N2O5S/c1-30-19-9-11-20(12-10-19)34-17-23-21-16-26(33-4)25(32-3)15-18(21)13-14-29(23)27(35)28-22-7-5-6-8-24(22)31-2/h5-12,15-16,23H,13-14,17H2,1-4H3,(H,28,35). The average molecular weight is 495 g/mol. The van der Waals surface area contributed by atoms with Gasteiger partial charge in [0, 0.05) is 6.54 Å². The number of hydrogen-bond donors (Lipinski definition) is 1. The van der Waals surface area contributed by atoms with Gasteiger partial charge in [0.2, 0.25) is 0 Å². The van der Waals surface area contributed by atoms with E-state index >= 15 is 0 Å². The molecule has 0 amide bonds. The third kappa shape index (κ3) is 5.38. The zero-order valence-corrected chi connectivity index (χ0v) is 21.2. The molecule has 0 fully saturated rings. The van der Waals surface area contributed by atoms with Crippen LogP contribution in [0.3, 0.4) is 0 Å². The van der Waals surface area contributed by atoms with Crippen LogP contribution in [0.15, 0.2) is 60.7 Å². The Morgan fingerprint density at radius 1 is 0.857 bits per heavy atom. The minimum atomic E-state index is -0.143. The zero-order valence-electron chi connectivity index (χ0n) is 20.4. The number of thiocarbonyl (C=S) groups is 1. The fourth-order valence-corrected chi connectivity index (χ4v) is 4.56. The van der Waals surface area contributed by atoms with E-state index in [1.165, 1.54) is 5.56 Å². The number of benzene rings is 3. The van der Waals surface area contributed by atoms with E-state index in [1.807, 2.05) is 60.7 Å². The quantitative estimate of drug-likeness (QED) is 0.434. The van der Waals surface area contributed by atoms with E-state index in [-0.39, 0.29) is 6.04 Å². The Morgan fingerprint density at radius 3 is 2.20 bits per heavy atom. The lowest BCUT2D eigenvalue weighted by atomic mass is 9.92. The number of fused-ring (bicyclic) bond motifs is 1. The van der Waals surface area contributed by atoms with Crippen LogP contribution in [0.5, 0.6) is 28.7 Å². The van der Waals surface area contributed by atoms with Crippen molar-refractivity contribution in [2.24, 2.45) is 0 Å². The van der Waals surface area contributed by atoms with Crippen molar-refractivity contribution in [3.63, 3.8) is 0 Å². The summed E-state index contributed by atoms with van der Waals surface area (Å²) in [5, 5.41) is 3.96. The summed E-state index contributed by atoms with van der Waals surface area (Å²) in [5.74, 6) is 3.64. The molecule has 0 saturated carbocycles. The predicted molar refractivity (Wildman–Crippen MR) is 140 cm³/mol. The molecule has 0 saturated heterocycles. The topological polar surface area (TPSA) is 61.4 Å². The van der Waals surface area contributed by atoms with E-state index in [0.29, 0.717) is 23.2 Å². The van der Waals surface area contributed by atoms with E-state index < -0.39 is 0 Å². The summed E-state index contributed by atoms with van der Waals surface area (Å²) in [7, 11) is 6.58. The highest BCUT2D eigenvalue weighted by Crippen LogP contribution is 2.39. The molecule has 0 spiro atoms. The van der Waals surface area contributed by atoms with Crippen LogP contribution in [-0.4, -0.2) is 51.6 Å². The Kier molecular flexibility index (Phi) is 7.82. The van der Waals surface area contributed by atoms with E-state index in [0.717, 1.165) is 41.5 Å². The Balaban J connectivity index is 1.64. The summed E-state index contributed by atoms with van der Waals surface area (Å²) in [4.78, 5) is 2.15. The van der Waals surface area contributed by atoms with Crippen molar-refractivity contribution in [3.05, 3.63) is 71.8 Å². The number of ether oxygens (including phenoxy) is 5. The summed E-state index contributed by atoms with van der Waals surface area (Å²) < 4.78 is 28.1. The Hall–Kier alpha value is -3.65. The van der Waals surface area contributed by atoms with Gasteiger partial charge in [-0.15, -0.1) is 0 Å². The molecule has 3 aromatic carbocycles. The van der Waals surface area contributed by atoms with Gasteiger partial charge in [-0.25, -0.2) is 0 Å². The first-order valence-electron chi connectivity index (χ1n) is 11.3. The molecule has 1 unspecified atom stereocenters. The number of methoxy groups -OCH3 is 4. The Morgan fingerprint density at radius 2 is 1.51 bits per heavy atom. The summed E-state index contributed by atoms with van der Waals surface area (Å²) >= 11 is 5.87. The molecule has 7 nitrogen and oxygen atoms in total. The third-order valence-corrected chi connectivity index (χ3v) is 6.42. The molecule has 1 heterocycles. The maximum absolute atomic E-state index is 6.23. The molecule has 0 bridgehead atoms. The summed E-state index contributed by atoms with van der Waals surface area (Å²) in [6.45, 7) is 1.11. The summed E-state index contributed by atoms with van der Waals surface area (Å²) in [6.07, 6.45) is 0.808. The zero-order chi connectivity index (χ0) is 24.8. The van der Waals surface area contributed by atoms with Gasteiger partial charge in [0.15, 0.2) is 16.6 Å². The molecule has 0 aromatic heterocycles. The molecule has 0 radical (unpaired) electrons. The summed E-state index contributed by atoms with van der Waals surface area (Å²) in [6, 6.07) is 19.2. The SMILES string of the molecule is COc1ccc(OCC2c3cc(OC)c(OC)cc3CCN2C(=S)Nc2ccccc2OC)cc1. The van der Waals surface area contributed by atoms with Gasteiger partial charge in [0.1, 0.15) is 23.9 Å². The van der Waals surface area contributed by atoms with Crippen LogP contribution >= 0.6 is 12.2 Å². The lowest BCUT2D eigenvalue weighted by Gasteiger charge is -2.39. The van der Waals surface area contributed by atoms with Gasteiger partial charge in [-0.1, -0.05) is 12.1 Å². The van der Waals surface area contributed by atoms with Crippen LogP contribution in [0.4, 0.5) is 5.69 Å². The third-order valence-electron chi connectivity index (χ3n) is 6.08. The fourth-order valence-electron chi connectivity index (χ4n) is 4.23. The van der Waals surface area contributed by atoms with Crippen LogP contribution in [0, 0.1) is 0 Å².